The predicted molar refractivity (Wildman–Crippen MR) is 167 cm³/mol. The Morgan fingerprint density at radius 1 is 0.842 bits per heavy atom. The number of fused-ring (bicyclic) bond motifs is 1. The van der Waals surface area contributed by atoms with E-state index in [9.17, 15) is 0 Å². The Hall–Kier alpha value is -1.56. The van der Waals surface area contributed by atoms with Gasteiger partial charge in [-0.1, -0.05) is 50.4 Å². The molecule has 0 N–H and O–H groups in total. The summed E-state index contributed by atoms with van der Waals surface area (Å²) < 4.78 is 0. The minimum absolute atomic E-state index is 0.916. The third-order valence-electron chi connectivity index (χ3n) is 9.28. The first-order valence-electron chi connectivity index (χ1n) is 15.8. The van der Waals surface area contributed by atoms with Gasteiger partial charge in [0.15, 0.2) is 0 Å². The van der Waals surface area contributed by atoms with Crippen LogP contribution in [0.15, 0.2) is 24.3 Å². The van der Waals surface area contributed by atoms with Crippen molar-refractivity contribution in [1.82, 2.24) is 14.8 Å². The van der Waals surface area contributed by atoms with Crippen molar-refractivity contribution in [3.63, 3.8) is 0 Å². The number of hydrogen-bond donors (Lipinski definition) is 0. The maximum atomic E-state index is 5.81. The number of benzene rings is 1. The van der Waals surface area contributed by atoms with E-state index in [2.05, 4.69) is 45.9 Å². The van der Waals surface area contributed by atoms with Gasteiger partial charge in [0, 0.05) is 44.5 Å². The Morgan fingerprint density at radius 2 is 1.58 bits per heavy atom. The summed E-state index contributed by atoms with van der Waals surface area (Å²) in [5.74, 6) is 2.09. The van der Waals surface area contributed by atoms with Gasteiger partial charge < -0.3 is 9.80 Å². The van der Waals surface area contributed by atoms with Crippen LogP contribution < -0.4 is 4.90 Å². The Balaban J connectivity index is 1.10. The number of pyridine rings is 1. The van der Waals surface area contributed by atoms with E-state index >= 15 is 0 Å². The van der Waals surface area contributed by atoms with Gasteiger partial charge >= 0.3 is 0 Å². The van der Waals surface area contributed by atoms with Crippen LogP contribution in [-0.2, 0) is 6.42 Å². The lowest BCUT2D eigenvalue weighted by Crippen LogP contribution is -2.48. The van der Waals surface area contributed by atoms with Crippen LogP contribution >= 0.6 is 12.2 Å². The fraction of sp³-hybridized carbons (Fsp3) is 0.697. The van der Waals surface area contributed by atoms with Gasteiger partial charge in [-0.05, 0) is 112 Å². The van der Waals surface area contributed by atoms with Gasteiger partial charge in [-0.2, -0.15) is 0 Å². The summed E-state index contributed by atoms with van der Waals surface area (Å²) >= 11 is 5.81. The topological polar surface area (TPSA) is 22.6 Å². The average molecular weight is 535 g/mol. The van der Waals surface area contributed by atoms with Gasteiger partial charge in [-0.15, -0.1) is 0 Å². The van der Waals surface area contributed by atoms with Gasteiger partial charge in [0.2, 0.25) is 0 Å². The fourth-order valence-electron chi connectivity index (χ4n) is 6.92. The summed E-state index contributed by atoms with van der Waals surface area (Å²) in [4.78, 5) is 14.2. The second kappa shape index (κ2) is 14.2. The Kier molecular flexibility index (Phi) is 10.4. The molecule has 5 heteroatoms. The van der Waals surface area contributed by atoms with E-state index in [1.807, 2.05) is 0 Å². The second-order valence-corrected chi connectivity index (χ2v) is 12.9. The molecule has 0 spiro atoms. The lowest BCUT2D eigenvalue weighted by Gasteiger charge is -2.38. The molecule has 0 unspecified atom stereocenters. The molecule has 2 saturated heterocycles. The first-order chi connectivity index (χ1) is 18.6. The normalized spacial score (nSPS) is 20.6. The van der Waals surface area contributed by atoms with E-state index in [-0.39, 0.29) is 0 Å². The number of unbranched alkanes of at least 4 members (excludes halogenated alkanes) is 1. The molecule has 38 heavy (non-hydrogen) atoms. The van der Waals surface area contributed by atoms with Crippen molar-refractivity contribution in [1.29, 1.82) is 0 Å². The molecule has 208 valence electrons. The van der Waals surface area contributed by atoms with E-state index in [4.69, 9.17) is 17.2 Å². The minimum atomic E-state index is 0.916. The minimum Gasteiger partial charge on any atom is -0.354 e. The SMILES string of the molecule is Cc1cc(N2CCN(CC3CCCCC3)CC2)nc2ccc(CC(=S)CCCCN3CCCCCC3)cc12. The lowest BCUT2D eigenvalue weighted by atomic mass is 9.89. The summed E-state index contributed by atoms with van der Waals surface area (Å²) in [6.07, 6.45) is 17.3. The van der Waals surface area contributed by atoms with Gasteiger partial charge in [-0.3, -0.25) is 4.90 Å². The molecular formula is C33H50N4S. The van der Waals surface area contributed by atoms with Crippen LogP contribution in [0.1, 0.15) is 88.2 Å². The quantitative estimate of drug-likeness (QED) is 0.237. The number of thiocarbonyl (C=S) groups is 1. The number of aryl methyl sites for hydroxylation is 1. The van der Waals surface area contributed by atoms with E-state index < -0.39 is 0 Å². The smallest absolute Gasteiger partial charge is 0.129 e. The number of likely N-dealkylation sites (tertiary alicyclic amines) is 1. The van der Waals surface area contributed by atoms with Crippen LogP contribution in [-0.4, -0.2) is 72.0 Å². The monoisotopic (exact) mass is 534 g/mol. The molecule has 3 heterocycles. The van der Waals surface area contributed by atoms with Crippen LogP contribution in [0.25, 0.3) is 10.9 Å². The first kappa shape index (κ1) is 28.0. The van der Waals surface area contributed by atoms with Crippen molar-refractivity contribution < 1.29 is 0 Å². The van der Waals surface area contributed by atoms with E-state index in [1.54, 1.807) is 0 Å². The number of hydrogen-bond acceptors (Lipinski definition) is 5. The average Bonchev–Trinajstić information content (AvgIpc) is 3.21. The molecule has 1 aliphatic carbocycles. The number of nitrogens with zero attached hydrogens (tertiary/aromatic N) is 4. The zero-order valence-electron chi connectivity index (χ0n) is 23.9. The molecule has 0 radical (unpaired) electrons. The maximum absolute atomic E-state index is 5.81. The molecular weight excluding hydrogens is 484 g/mol. The largest absolute Gasteiger partial charge is 0.354 e. The Bertz CT molecular complexity index is 1030. The fourth-order valence-corrected chi connectivity index (χ4v) is 7.23. The van der Waals surface area contributed by atoms with Crippen molar-refractivity contribution in [2.24, 2.45) is 5.92 Å². The molecule has 2 aromatic rings. The molecule has 2 aliphatic heterocycles. The Labute approximate surface area is 237 Å². The van der Waals surface area contributed by atoms with Crippen molar-refractivity contribution in [2.75, 3.05) is 57.3 Å². The Morgan fingerprint density at radius 3 is 2.34 bits per heavy atom. The van der Waals surface area contributed by atoms with E-state index in [0.717, 1.165) is 43.2 Å². The van der Waals surface area contributed by atoms with Gasteiger partial charge in [0.1, 0.15) is 5.82 Å². The third-order valence-corrected chi connectivity index (χ3v) is 9.63. The molecule has 1 aromatic heterocycles. The van der Waals surface area contributed by atoms with Crippen molar-refractivity contribution >= 4 is 33.8 Å². The molecule has 3 fully saturated rings. The molecule has 1 aromatic carbocycles. The number of rotatable bonds is 10. The highest BCUT2D eigenvalue weighted by Crippen LogP contribution is 2.27. The van der Waals surface area contributed by atoms with Crippen LogP contribution in [0.2, 0.25) is 0 Å². The van der Waals surface area contributed by atoms with Crippen molar-refractivity contribution in [3.05, 3.63) is 35.4 Å². The van der Waals surface area contributed by atoms with Crippen LogP contribution in [0.5, 0.6) is 0 Å². The van der Waals surface area contributed by atoms with E-state index in [0.29, 0.717) is 0 Å². The van der Waals surface area contributed by atoms with Crippen molar-refractivity contribution in [3.8, 4) is 0 Å². The third kappa shape index (κ3) is 7.99. The standard InChI is InChI=1S/C33H50N4S/c1-27-23-33(37-21-19-36(20-22-37)26-28-11-5-4-6-12-28)34-32-15-14-29(25-31(27)32)24-30(38)13-7-10-18-35-16-8-2-3-9-17-35/h14-15,23,25,28H,2-13,16-22,24,26H2,1H3. The molecule has 0 bridgehead atoms. The van der Waals surface area contributed by atoms with Crippen LogP contribution in [0, 0.1) is 12.8 Å². The molecule has 3 aliphatic rings. The zero-order valence-corrected chi connectivity index (χ0v) is 24.7. The van der Waals surface area contributed by atoms with Crippen LogP contribution in [0.4, 0.5) is 5.82 Å². The molecule has 1 saturated carbocycles. The highest BCUT2D eigenvalue weighted by molar-refractivity contribution is 7.80. The predicted octanol–water partition coefficient (Wildman–Crippen LogP) is 7.20. The first-order valence-corrected chi connectivity index (χ1v) is 16.2. The highest BCUT2D eigenvalue weighted by atomic mass is 32.1. The van der Waals surface area contributed by atoms with Gasteiger partial charge in [-0.25, -0.2) is 4.98 Å². The van der Waals surface area contributed by atoms with E-state index in [1.165, 1.54) is 131 Å². The maximum Gasteiger partial charge on any atom is 0.129 e. The summed E-state index contributed by atoms with van der Waals surface area (Å²) in [6, 6.07) is 9.13. The number of aromatic nitrogens is 1. The highest BCUT2D eigenvalue weighted by Gasteiger charge is 2.22. The molecule has 0 amide bonds. The van der Waals surface area contributed by atoms with Crippen LogP contribution in [0.3, 0.4) is 0 Å². The second-order valence-electron chi connectivity index (χ2n) is 12.4. The number of piperazine rings is 1. The summed E-state index contributed by atoms with van der Waals surface area (Å²) in [7, 11) is 0. The molecule has 5 rings (SSSR count). The molecule has 4 nitrogen and oxygen atoms in total. The molecule has 0 atom stereocenters. The lowest BCUT2D eigenvalue weighted by molar-refractivity contribution is 0.192. The summed E-state index contributed by atoms with van der Waals surface area (Å²) in [6.45, 7) is 11.9. The van der Waals surface area contributed by atoms with Gasteiger partial charge in [0.05, 0.1) is 5.52 Å². The summed E-state index contributed by atoms with van der Waals surface area (Å²) in [5.41, 5.74) is 3.79. The summed E-state index contributed by atoms with van der Waals surface area (Å²) in [5, 5.41) is 1.28. The van der Waals surface area contributed by atoms with Crippen molar-refractivity contribution in [2.45, 2.75) is 90.4 Å². The number of anilines is 1. The van der Waals surface area contributed by atoms with Gasteiger partial charge in [0.25, 0.3) is 0 Å². The zero-order chi connectivity index (χ0) is 26.2.